The molecule has 0 aromatic heterocycles. The lowest BCUT2D eigenvalue weighted by Gasteiger charge is -2.49. The summed E-state index contributed by atoms with van der Waals surface area (Å²) in [7, 11) is -0.279. The molecule has 0 radical (unpaired) electrons. The maximum Gasteiger partial charge on any atom is 0.281 e. The summed E-state index contributed by atoms with van der Waals surface area (Å²) >= 11 is 0. The topological polar surface area (TPSA) is 69.7 Å². The molecule has 1 saturated heterocycles. The van der Waals surface area contributed by atoms with Gasteiger partial charge >= 0.3 is 0 Å². The molecule has 1 aliphatic carbocycles. The average Bonchev–Trinajstić information content (AvgIpc) is 2.60. The van der Waals surface area contributed by atoms with Crippen LogP contribution in [0.15, 0.2) is 30.3 Å². The van der Waals surface area contributed by atoms with Crippen LogP contribution < -0.4 is 5.32 Å². The first-order valence-electron chi connectivity index (χ1n) is 9.39. The van der Waals surface area contributed by atoms with E-state index in [2.05, 4.69) is 17.4 Å². The van der Waals surface area contributed by atoms with Crippen molar-refractivity contribution in [2.75, 3.05) is 33.7 Å². The van der Waals surface area contributed by atoms with Gasteiger partial charge in [0.25, 0.3) is 10.2 Å². The van der Waals surface area contributed by atoms with Crippen molar-refractivity contribution in [3.05, 3.63) is 35.9 Å². The molecule has 2 aliphatic rings. The number of hydrogen-bond acceptors (Lipinski definition) is 3. The number of nitrogens with one attached hydrogen (secondary N) is 1. The smallest absolute Gasteiger partial charge is 0.281 e. The van der Waals surface area contributed by atoms with E-state index in [0.717, 1.165) is 25.7 Å². The minimum Gasteiger partial charge on any atom is -0.356 e. The average molecular weight is 380 g/mol. The summed E-state index contributed by atoms with van der Waals surface area (Å²) < 4.78 is 27.5. The second-order valence-electron chi connectivity index (χ2n) is 7.58. The van der Waals surface area contributed by atoms with Crippen molar-refractivity contribution >= 4 is 16.1 Å². The molecule has 0 unspecified atom stereocenters. The largest absolute Gasteiger partial charge is 0.356 e. The van der Waals surface area contributed by atoms with E-state index in [0.29, 0.717) is 25.6 Å². The Labute approximate surface area is 156 Å². The molecular formula is C19H29N3O3S. The Balaban J connectivity index is 1.46. The van der Waals surface area contributed by atoms with E-state index in [1.54, 1.807) is 14.1 Å². The van der Waals surface area contributed by atoms with Crippen LogP contribution in [0.3, 0.4) is 0 Å². The van der Waals surface area contributed by atoms with E-state index in [1.807, 2.05) is 18.2 Å². The van der Waals surface area contributed by atoms with Crippen molar-refractivity contribution in [3.63, 3.8) is 0 Å². The third kappa shape index (κ3) is 4.10. The van der Waals surface area contributed by atoms with Crippen LogP contribution in [-0.4, -0.2) is 56.7 Å². The number of aryl methyl sites for hydroxylation is 1. The normalized spacial score (nSPS) is 26.2. The van der Waals surface area contributed by atoms with Gasteiger partial charge in [-0.1, -0.05) is 30.3 Å². The SMILES string of the molecule is CN(C)S(=O)(=O)N1CC[C@@H]2C[C@@H](C(=O)NCCCc3ccccc3)[C@@H]2C1. The van der Waals surface area contributed by atoms with E-state index in [1.165, 1.54) is 14.2 Å². The van der Waals surface area contributed by atoms with Crippen molar-refractivity contribution in [1.29, 1.82) is 0 Å². The number of carbonyl (C=O) groups excluding carboxylic acids is 1. The predicted molar refractivity (Wildman–Crippen MR) is 102 cm³/mol. The molecule has 1 heterocycles. The Hall–Kier alpha value is -1.44. The molecule has 1 saturated carbocycles. The number of piperidine rings is 1. The molecule has 1 aromatic rings. The number of nitrogens with zero attached hydrogens (tertiary/aromatic N) is 2. The van der Waals surface area contributed by atoms with Crippen LogP contribution in [-0.2, 0) is 21.4 Å². The highest BCUT2D eigenvalue weighted by atomic mass is 32.2. The first-order valence-corrected chi connectivity index (χ1v) is 10.8. The Morgan fingerprint density at radius 2 is 2.00 bits per heavy atom. The standard InChI is InChI=1S/C19H29N3O3S/c1-21(2)26(24,25)22-12-10-16-13-17(18(16)14-22)19(23)20-11-6-9-15-7-4-3-5-8-15/h3-5,7-8,16-18H,6,9-14H2,1-2H3,(H,20,23)/t16-,17-,18-/m1/s1. The molecule has 26 heavy (non-hydrogen) atoms. The molecule has 0 bridgehead atoms. The minimum atomic E-state index is -3.39. The van der Waals surface area contributed by atoms with E-state index < -0.39 is 10.2 Å². The van der Waals surface area contributed by atoms with E-state index in [4.69, 9.17) is 0 Å². The van der Waals surface area contributed by atoms with Crippen LogP contribution in [0, 0.1) is 17.8 Å². The summed E-state index contributed by atoms with van der Waals surface area (Å²) in [6.07, 6.45) is 3.62. The molecule has 1 amide bonds. The highest BCUT2D eigenvalue weighted by molar-refractivity contribution is 7.86. The Kier molecular flexibility index (Phi) is 5.99. The zero-order valence-electron chi connectivity index (χ0n) is 15.6. The van der Waals surface area contributed by atoms with Crippen LogP contribution in [0.2, 0.25) is 0 Å². The first-order chi connectivity index (χ1) is 12.4. The number of rotatable bonds is 7. The first kappa shape index (κ1) is 19.3. The summed E-state index contributed by atoms with van der Waals surface area (Å²) in [5.74, 6) is 0.691. The number of hydrogen-bond donors (Lipinski definition) is 1. The van der Waals surface area contributed by atoms with Crippen LogP contribution in [0.5, 0.6) is 0 Å². The Bertz CT molecular complexity index is 721. The van der Waals surface area contributed by atoms with Gasteiger partial charge in [0.15, 0.2) is 0 Å². The van der Waals surface area contributed by atoms with Crippen LogP contribution in [0.4, 0.5) is 0 Å². The van der Waals surface area contributed by atoms with Crippen molar-refractivity contribution in [3.8, 4) is 0 Å². The number of carbonyl (C=O) groups is 1. The van der Waals surface area contributed by atoms with Crippen molar-refractivity contribution in [1.82, 2.24) is 13.9 Å². The fourth-order valence-corrected chi connectivity index (χ4v) is 5.23. The third-order valence-electron chi connectivity index (χ3n) is 5.75. The predicted octanol–water partition coefficient (Wildman–Crippen LogP) is 1.50. The molecule has 1 aliphatic heterocycles. The van der Waals surface area contributed by atoms with E-state index in [9.17, 15) is 13.2 Å². The second kappa shape index (κ2) is 8.06. The van der Waals surface area contributed by atoms with Crippen LogP contribution in [0.1, 0.15) is 24.8 Å². The van der Waals surface area contributed by atoms with Crippen molar-refractivity contribution < 1.29 is 13.2 Å². The molecule has 6 nitrogen and oxygen atoms in total. The summed E-state index contributed by atoms with van der Waals surface area (Å²) in [6.45, 7) is 1.70. The van der Waals surface area contributed by atoms with Gasteiger partial charge in [-0.15, -0.1) is 0 Å². The zero-order chi connectivity index (χ0) is 18.7. The minimum absolute atomic E-state index is 0.0445. The lowest BCUT2D eigenvalue weighted by atomic mass is 9.61. The van der Waals surface area contributed by atoms with E-state index in [-0.39, 0.29) is 17.7 Å². The van der Waals surface area contributed by atoms with Gasteiger partial charge in [-0.25, -0.2) is 0 Å². The van der Waals surface area contributed by atoms with Crippen LogP contribution in [0.25, 0.3) is 0 Å². The lowest BCUT2D eigenvalue weighted by Crippen LogP contribution is -2.57. The molecule has 7 heteroatoms. The molecule has 144 valence electrons. The zero-order valence-corrected chi connectivity index (χ0v) is 16.4. The molecular weight excluding hydrogens is 350 g/mol. The molecule has 3 rings (SSSR count). The van der Waals surface area contributed by atoms with Gasteiger partial charge in [-0.3, -0.25) is 4.79 Å². The summed E-state index contributed by atoms with van der Waals surface area (Å²) in [6, 6.07) is 10.3. The van der Waals surface area contributed by atoms with Gasteiger partial charge in [0.1, 0.15) is 0 Å². The number of amides is 1. The second-order valence-corrected chi connectivity index (χ2v) is 9.73. The number of fused-ring (bicyclic) bond motifs is 1. The molecule has 0 spiro atoms. The van der Waals surface area contributed by atoms with Gasteiger partial charge in [-0.05, 0) is 43.1 Å². The summed E-state index contributed by atoms with van der Waals surface area (Å²) in [5, 5.41) is 3.05. The number of benzene rings is 1. The molecule has 1 N–H and O–H groups in total. The highest BCUT2D eigenvalue weighted by Crippen LogP contribution is 2.46. The molecule has 1 aromatic carbocycles. The quantitative estimate of drug-likeness (QED) is 0.730. The maximum atomic E-state index is 12.5. The Morgan fingerprint density at radius 1 is 1.27 bits per heavy atom. The fraction of sp³-hybridized carbons (Fsp3) is 0.632. The highest BCUT2D eigenvalue weighted by Gasteiger charge is 2.49. The van der Waals surface area contributed by atoms with Gasteiger partial charge in [0.05, 0.1) is 0 Å². The fourth-order valence-electron chi connectivity index (χ4n) is 4.07. The maximum absolute atomic E-state index is 12.5. The van der Waals surface area contributed by atoms with Crippen LogP contribution >= 0.6 is 0 Å². The van der Waals surface area contributed by atoms with Gasteiger partial charge < -0.3 is 5.32 Å². The van der Waals surface area contributed by atoms with E-state index >= 15 is 0 Å². The van der Waals surface area contributed by atoms with Gasteiger partial charge in [0.2, 0.25) is 5.91 Å². The Morgan fingerprint density at radius 3 is 2.69 bits per heavy atom. The lowest BCUT2D eigenvalue weighted by molar-refractivity contribution is -0.135. The van der Waals surface area contributed by atoms with Gasteiger partial charge in [-0.2, -0.15) is 17.0 Å². The van der Waals surface area contributed by atoms with Crippen molar-refractivity contribution in [2.45, 2.75) is 25.7 Å². The summed E-state index contributed by atoms with van der Waals surface area (Å²) in [5.41, 5.74) is 1.28. The third-order valence-corrected chi connectivity index (χ3v) is 7.66. The van der Waals surface area contributed by atoms with Gasteiger partial charge in [0, 0.05) is 39.6 Å². The van der Waals surface area contributed by atoms with Crippen molar-refractivity contribution in [2.24, 2.45) is 17.8 Å². The molecule has 3 atom stereocenters. The monoisotopic (exact) mass is 379 g/mol. The molecule has 2 fully saturated rings. The summed E-state index contributed by atoms with van der Waals surface area (Å²) in [4.78, 5) is 12.5.